The molecule has 0 saturated carbocycles. The molecule has 8 heteroatoms. The summed E-state index contributed by atoms with van der Waals surface area (Å²) in [4.78, 5) is 11.8. The molecule has 1 aliphatic heterocycles. The summed E-state index contributed by atoms with van der Waals surface area (Å²) < 4.78 is 32.5. The second kappa shape index (κ2) is 8.10. The third kappa shape index (κ3) is 4.67. The Bertz CT molecular complexity index is 663. The lowest BCUT2D eigenvalue weighted by atomic mass is 9.97. The van der Waals surface area contributed by atoms with E-state index in [2.05, 4.69) is 14.8 Å². The first-order valence-electron chi connectivity index (χ1n) is 7.27. The third-order valence-electron chi connectivity index (χ3n) is 4.02. The van der Waals surface area contributed by atoms with Gasteiger partial charge < -0.3 is 10.1 Å². The Labute approximate surface area is 143 Å². The van der Waals surface area contributed by atoms with Crippen molar-refractivity contribution in [3.8, 4) is 0 Å². The molecule has 1 heterocycles. The highest BCUT2D eigenvalue weighted by atomic mass is 35.5. The number of hydrogen-bond acceptors (Lipinski definition) is 5. The van der Waals surface area contributed by atoms with Crippen molar-refractivity contribution >= 4 is 28.4 Å². The monoisotopic (exact) mass is 362 g/mol. The highest BCUT2D eigenvalue weighted by molar-refractivity contribution is 7.89. The van der Waals surface area contributed by atoms with Crippen molar-refractivity contribution in [2.45, 2.75) is 31.2 Å². The standard InChI is InChI=1S/C15H22N2O4S.ClH/c1-10-4-5-12(8-13(10)15(18)21-3)22(19,20)17-14-6-7-16-9-11(14)2;/h4-5,8,11,14,16-17H,6-7,9H2,1-3H3;1H. The van der Waals surface area contributed by atoms with Gasteiger partial charge in [0.25, 0.3) is 0 Å². The number of aryl methyl sites for hydroxylation is 1. The summed E-state index contributed by atoms with van der Waals surface area (Å²) in [5.74, 6) is -0.321. The lowest BCUT2D eigenvalue weighted by molar-refractivity contribution is 0.0599. The van der Waals surface area contributed by atoms with E-state index < -0.39 is 16.0 Å². The number of carbonyl (C=O) groups is 1. The van der Waals surface area contributed by atoms with E-state index in [1.165, 1.54) is 19.2 Å². The lowest BCUT2D eigenvalue weighted by Gasteiger charge is -2.30. The highest BCUT2D eigenvalue weighted by Crippen LogP contribution is 2.19. The maximum absolute atomic E-state index is 12.5. The first kappa shape index (κ1) is 19.9. The zero-order chi connectivity index (χ0) is 16.3. The molecule has 0 bridgehead atoms. The maximum Gasteiger partial charge on any atom is 0.338 e. The molecule has 1 aliphatic rings. The summed E-state index contributed by atoms with van der Waals surface area (Å²) in [6.45, 7) is 5.33. The minimum absolute atomic E-state index is 0. The maximum atomic E-state index is 12.5. The van der Waals surface area contributed by atoms with Crippen LogP contribution in [0.15, 0.2) is 23.1 Å². The minimum Gasteiger partial charge on any atom is -0.465 e. The second-order valence-electron chi connectivity index (χ2n) is 5.67. The molecule has 0 radical (unpaired) electrons. The first-order chi connectivity index (χ1) is 10.3. The first-order valence-corrected chi connectivity index (χ1v) is 8.75. The third-order valence-corrected chi connectivity index (χ3v) is 5.50. The van der Waals surface area contributed by atoms with E-state index in [1.54, 1.807) is 13.0 Å². The number of methoxy groups -OCH3 is 1. The quantitative estimate of drug-likeness (QED) is 0.792. The normalized spacial score (nSPS) is 21.3. The molecule has 130 valence electrons. The van der Waals surface area contributed by atoms with Gasteiger partial charge in [0.1, 0.15) is 0 Å². The van der Waals surface area contributed by atoms with Gasteiger partial charge in [0.05, 0.1) is 17.6 Å². The molecular formula is C15H23ClN2O4S. The summed E-state index contributed by atoms with van der Waals surface area (Å²) in [5, 5.41) is 3.23. The summed E-state index contributed by atoms with van der Waals surface area (Å²) in [7, 11) is -2.38. The molecule has 1 aromatic rings. The van der Waals surface area contributed by atoms with Crippen LogP contribution in [0.4, 0.5) is 0 Å². The molecule has 0 spiro atoms. The van der Waals surface area contributed by atoms with Gasteiger partial charge in [-0.2, -0.15) is 0 Å². The van der Waals surface area contributed by atoms with Crippen LogP contribution in [0.25, 0.3) is 0 Å². The summed E-state index contributed by atoms with van der Waals surface area (Å²) in [6.07, 6.45) is 0.746. The molecule has 1 aromatic carbocycles. The molecular weight excluding hydrogens is 340 g/mol. The molecule has 1 saturated heterocycles. The fourth-order valence-corrected chi connectivity index (χ4v) is 3.96. The van der Waals surface area contributed by atoms with Crippen LogP contribution in [-0.4, -0.2) is 40.6 Å². The Morgan fingerprint density at radius 3 is 2.70 bits per heavy atom. The van der Waals surface area contributed by atoms with Crippen LogP contribution in [-0.2, 0) is 14.8 Å². The van der Waals surface area contributed by atoms with Crippen LogP contribution in [0, 0.1) is 12.8 Å². The van der Waals surface area contributed by atoms with Gasteiger partial charge in [0, 0.05) is 6.04 Å². The predicted octanol–water partition coefficient (Wildman–Crippen LogP) is 1.48. The van der Waals surface area contributed by atoms with Gasteiger partial charge in [0.15, 0.2) is 0 Å². The van der Waals surface area contributed by atoms with Crippen molar-refractivity contribution in [2.75, 3.05) is 20.2 Å². The van der Waals surface area contributed by atoms with E-state index in [0.717, 1.165) is 19.5 Å². The number of benzene rings is 1. The fourth-order valence-electron chi connectivity index (χ4n) is 2.55. The van der Waals surface area contributed by atoms with Crippen molar-refractivity contribution in [2.24, 2.45) is 5.92 Å². The number of hydrogen-bond donors (Lipinski definition) is 2. The van der Waals surface area contributed by atoms with Crippen LogP contribution in [0.1, 0.15) is 29.3 Å². The van der Waals surface area contributed by atoms with Gasteiger partial charge in [-0.15, -0.1) is 12.4 Å². The molecule has 0 aromatic heterocycles. The Kier molecular flexibility index (Phi) is 7.01. The number of piperidine rings is 1. The lowest BCUT2D eigenvalue weighted by Crippen LogP contribution is -2.48. The van der Waals surface area contributed by atoms with E-state index in [-0.39, 0.29) is 34.8 Å². The Balaban J connectivity index is 0.00000264. The van der Waals surface area contributed by atoms with Crippen LogP contribution in [0.2, 0.25) is 0 Å². The van der Waals surface area contributed by atoms with Gasteiger partial charge in [-0.1, -0.05) is 13.0 Å². The molecule has 2 N–H and O–H groups in total. The zero-order valence-corrected chi connectivity index (χ0v) is 15.1. The number of rotatable bonds is 4. The Hall–Kier alpha value is -1.15. The number of esters is 1. The van der Waals surface area contributed by atoms with Gasteiger partial charge >= 0.3 is 5.97 Å². The largest absolute Gasteiger partial charge is 0.465 e. The number of ether oxygens (including phenoxy) is 1. The molecule has 2 unspecified atom stereocenters. The Morgan fingerprint density at radius 2 is 2.09 bits per heavy atom. The van der Waals surface area contributed by atoms with E-state index in [4.69, 9.17) is 0 Å². The van der Waals surface area contributed by atoms with E-state index in [1.807, 2.05) is 6.92 Å². The second-order valence-corrected chi connectivity index (χ2v) is 7.38. The van der Waals surface area contributed by atoms with E-state index >= 15 is 0 Å². The van der Waals surface area contributed by atoms with E-state index in [9.17, 15) is 13.2 Å². The molecule has 23 heavy (non-hydrogen) atoms. The van der Waals surface area contributed by atoms with Crippen molar-refractivity contribution in [1.29, 1.82) is 0 Å². The smallest absolute Gasteiger partial charge is 0.338 e. The average Bonchev–Trinajstić information content (AvgIpc) is 2.49. The van der Waals surface area contributed by atoms with Crippen LogP contribution >= 0.6 is 12.4 Å². The van der Waals surface area contributed by atoms with Crippen LogP contribution < -0.4 is 10.0 Å². The average molecular weight is 363 g/mol. The van der Waals surface area contributed by atoms with Crippen molar-refractivity contribution in [3.05, 3.63) is 29.3 Å². The molecule has 2 atom stereocenters. The molecule has 0 aliphatic carbocycles. The van der Waals surface area contributed by atoms with Crippen molar-refractivity contribution in [3.63, 3.8) is 0 Å². The summed E-state index contributed by atoms with van der Waals surface area (Å²) >= 11 is 0. The highest BCUT2D eigenvalue weighted by Gasteiger charge is 2.27. The molecule has 0 amide bonds. The van der Waals surface area contributed by atoms with Gasteiger partial charge in [-0.3, -0.25) is 0 Å². The number of carbonyl (C=O) groups excluding carboxylic acids is 1. The van der Waals surface area contributed by atoms with Crippen molar-refractivity contribution < 1.29 is 17.9 Å². The minimum atomic E-state index is -3.66. The fraction of sp³-hybridized carbons (Fsp3) is 0.533. The summed E-state index contributed by atoms with van der Waals surface area (Å²) in [6, 6.07) is 4.40. The number of nitrogens with one attached hydrogen (secondary N) is 2. The zero-order valence-electron chi connectivity index (χ0n) is 13.5. The Morgan fingerprint density at radius 1 is 1.39 bits per heavy atom. The van der Waals surface area contributed by atoms with Gasteiger partial charge in [-0.05, 0) is 50.0 Å². The van der Waals surface area contributed by atoms with Crippen molar-refractivity contribution in [1.82, 2.24) is 10.0 Å². The predicted molar refractivity (Wildman–Crippen MR) is 90.5 cm³/mol. The molecule has 1 fully saturated rings. The topological polar surface area (TPSA) is 84.5 Å². The van der Waals surface area contributed by atoms with Gasteiger partial charge in [0.2, 0.25) is 10.0 Å². The SMILES string of the molecule is COC(=O)c1cc(S(=O)(=O)NC2CCNCC2C)ccc1C.Cl. The summed E-state index contributed by atoms with van der Waals surface area (Å²) in [5.41, 5.74) is 0.949. The van der Waals surface area contributed by atoms with Crippen LogP contribution in [0.5, 0.6) is 0 Å². The number of halogens is 1. The van der Waals surface area contributed by atoms with Gasteiger partial charge in [-0.25, -0.2) is 17.9 Å². The van der Waals surface area contributed by atoms with E-state index in [0.29, 0.717) is 5.56 Å². The number of sulfonamides is 1. The molecule has 2 rings (SSSR count). The van der Waals surface area contributed by atoms with Crippen LogP contribution in [0.3, 0.4) is 0 Å². The molecule has 6 nitrogen and oxygen atoms in total.